The summed E-state index contributed by atoms with van der Waals surface area (Å²) in [5.41, 5.74) is -1.61. The minimum atomic E-state index is -0.620. The Kier molecular flexibility index (Phi) is 6.01. The van der Waals surface area contributed by atoms with Crippen molar-refractivity contribution in [2.45, 2.75) is 107 Å². The Morgan fingerprint density at radius 3 is 2.26 bits per heavy atom. The van der Waals surface area contributed by atoms with Gasteiger partial charge in [-0.1, -0.05) is 54.5 Å². The number of ketones is 2. The molecule has 0 aliphatic heterocycles. The number of hydrogen-bond donors (Lipinski definition) is 0. The van der Waals surface area contributed by atoms with E-state index in [0.717, 1.165) is 44.9 Å². The molecular weight excluding hydrogens is 474 g/mol. The second-order valence-corrected chi connectivity index (χ2v) is 15.5. The van der Waals surface area contributed by atoms with E-state index >= 15 is 0 Å². The van der Waals surface area contributed by atoms with E-state index < -0.39 is 16.2 Å². The molecule has 0 radical (unpaired) electrons. The van der Waals surface area contributed by atoms with Gasteiger partial charge in [-0.05, 0) is 91.3 Å². The van der Waals surface area contributed by atoms with Gasteiger partial charge in [0, 0.05) is 17.8 Å². The van der Waals surface area contributed by atoms with Crippen molar-refractivity contribution in [3.05, 3.63) is 23.2 Å². The number of Topliss-reactive ketones (excluding diaryl/α,β-unsaturated/α-hetero) is 2. The Labute approximate surface area is 229 Å². The van der Waals surface area contributed by atoms with Crippen LogP contribution in [0, 0.1) is 62.7 Å². The lowest BCUT2D eigenvalue weighted by Crippen LogP contribution is -2.69. The third-order valence-corrected chi connectivity index (χ3v) is 13.1. The van der Waals surface area contributed by atoms with Crippen LogP contribution in [0.25, 0.3) is 4.85 Å². The molecule has 5 aliphatic rings. The van der Waals surface area contributed by atoms with E-state index in [1.54, 1.807) is 0 Å². The van der Waals surface area contributed by atoms with Gasteiger partial charge in [0.1, 0.15) is 5.78 Å². The molecule has 5 heteroatoms. The van der Waals surface area contributed by atoms with Gasteiger partial charge in [0.15, 0.2) is 5.78 Å². The van der Waals surface area contributed by atoms with Gasteiger partial charge < -0.3 is 9.53 Å². The largest absolute Gasteiger partial charge is 0.466 e. The average molecular weight is 522 g/mol. The van der Waals surface area contributed by atoms with Crippen molar-refractivity contribution in [3.8, 4) is 0 Å². The Bertz CT molecular complexity index is 1160. The molecule has 0 aromatic rings. The van der Waals surface area contributed by atoms with E-state index in [1.807, 2.05) is 26.8 Å². The highest BCUT2D eigenvalue weighted by atomic mass is 16.5. The normalized spacial score (nSPS) is 46.9. The molecule has 4 saturated carbocycles. The quantitative estimate of drug-likeness (QED) is 0.285. The Morgan fingerprint density at radius 2 is 1.63 bits per heavy atom. The van der Waals surface area contributed by atoms with Gasteiger partial charge in [-0.15, -0.1) is 0 Å². The van der Waals surface area contributed by atoms with Crippen LogP contribution < -0.4 is 0 Å². The lowest BCUT2D eigenvalue weighted by molar-refractivity contribution is -0.227. The molecule has 208 valence electrons. The topological polar surface area (TPSA) is 64.8 Å². The molecule has 38 heavy (non-hydrogen) atoms. The molecule has 5 nitrogen and oxygen atoms in total. The standard InChI is InChI=1S/C33H47NO4/c1-10-38-27(37)33-15-13-28(2,3)18-20(33)25-22(35)17-24-30(6)19-21(34-9)26(36)29(4,5)23(30)11-12-31(24,7)32(25,8)14-16-33/h19-20,23-25H,10-18H2,1-8H3/t20-,23-,24+,25-,30-,31+,32+,33-/m0/s1. The second-order valence-electron chi connectivity index (χ2n) is 15.5. The van der Waals surface area contributed by atoms with Crippen LogP contribution in [0.2, 0.25) is 0 Å². The zero-order chi connectivity index (χ0) is 28.1. The highest BCUT2D eigenvalue weighted by Gasteiger charge is 2.73. The van der Waals surface area contributed by atoms with E-state index in [9.17, 15) is 14.4 Å². The van der Waals surface area contributed by atoms with Gasteiger partial charge in [0.2, 0.25) is 5.70 Å². The third kappa shape index (κ3) is 3.30. The Morgan fingerprint density at radius 1 is 0.974 bits per heavy atom. The number of nitrogens with zero attached hydrogens (tertiary/aromatic N) is 1. The van der Waals surface area contributed by atoms with Crippen LogP contribution in [0.5, 0.6) is 0 Å². The third-order valence-electron chi connectivity index (χ3n) is 13.1. The summed E-state index contributed by atoms with van der Waals surface area (Å²) in [5.74, 6) is 0.165. The fourth-order valence-electron chi connectivity index (χ4n) is 10.9. The van der Waals surface area contributed by atoms with Gasteiger partial charge >= 0.3 is 5.97 Å². The maximum atomic E-state index is 14.5. The molecule has 0 heterocycles. The summed E-state index contributed by atoms with van der Waals surface area (Å²) in [4.78, 5) is 45.1. The van der Waals surface area contributed by atoms with Crippen LogP contribution in [-0.4, -0.2) is 24.1 Å². The van der Waals surface area contributed by atoms with Crippen molar-refractivity contribution in [2.24, 2.45) is 56.2 Å². The van der Waals surface area contributed by atoms with Gasteiger partial charge in [-0.3, -0.25) is 9.59 Å². The van der Waals surface area contributed by atoms with E-state index in [2.05, 4.69) is 39.5 Å². The molecule has 0 N–H and O–H groups in total. The molecule has 0 aromatic heterocycles. The van der Waals surface area contributed by atoms with Crippen molar-refractivity contribution in [3.63, 3.8) is 0 Å². The summed E-state index contributed by atoms with van der Waals surface area (Å²) in [6, 6.07) is 0. The van der Waals surface area contributed by atoms with Crippen LogP contribution in [0.1, 0.15) is 107 Å². The van der Waals surface area contributed by atoms with Crippen LogP contribution in [-0.2, 0) is 19.1 Å². The molecule has 0 amide bonds. The van der Waals surface area contributed by atoms with Crippen LogP contribution in [0.15, 0.2) is 11.8 Å². The summed E-state index contributed by atoms with van der Waals surface area (Å²) >= 11 is 0. The van der Waals surface area contributed by atoms with Crippen LogP contribution >= 0.6 is 0 Å². The summed E-state index contributed by atoms with van der Waals surface area (Å²) in [7, 11) is 0. The highest BCUT2D eigenvalue weighted by Crippen LogP contribution is 2.75. The maximum absolute atomic E-state index is 14.5. The first-order chi connectivity index (χ1) is 17.5. The first kappa shape index (κ1) is 27.6. The smallest absolute Gasteiger partial charge is 0.312 e. The molecule has 5 rings (SSSR count). The van der Waals surface area contributed by atoms with E-state index in [1.165, 1.54) is 0 Å². The fraction of sp³-hybridized carbons (Fsp3) is 0.818. The van der Waals surface area contributed by atoms with Crippen molar-refractivity contribution in [2.75, 3.05) is 6.61 Å². The lowest BCUT2D eigenvalue weighted by Gasteiger charge is -2.71. The van der Waals surface area contributed by atoms with E-state index in [0.29, 0.717) is 18.8 Å². The minimum absolute atomic E-state index is 0.00132. The highest BCUT2D eigenvalue weighted by molar-refractivity contribution is 6.02. The molecule has 0 spiro atoms. The van der Waals surface area contributed by atoms with Crippen molar-refractivity contribution in [1.82, 2.24) is 0 Å². The van der Waals surface area contributed by atoms with Gasteiger partial charge in [-0.2, -0.15) is 0 Å². The summed E-state index contributed by atoms with van der Waals surface area (Å²) in [6.45, 7) is 25.6. The summed E-state index contributed by atoms with van der Waals surface area (Å²) in [5, 5.41) is 0. The number of esters is 1. The number of carbonyl (C=O) groups is 3. The van der Waals surface area contributed by atoms with Gasteiger partial charge in [0.25, 0.3) is 0 Å². The first-order valence-electron chi connectivity index (χ1n) is 14.9. The van der Waals surface area contributed by atoms with Crippen LogP contribution in [0.4, 0.5) is 0 Å². The number of hydrogen-bond acceptors (Lipinski definition) is 4. The predicted molar refractivity (Wildman–Crippen MR) is 147 cm³/mol. The molecule has 8 atom stereocenters. The summed E-state index contributed by atoms with van der Waals surface area (Å²) in [6.07, 6.45) is 8.60. The van der Waals surface area contributed by atoms with Gasteiger partial charge in [-0.25, -0.2) is 4.85 Å². The second kappa shape index (κ2) is 8.28. The lowest BCUT2D eigenvalue weighted by atomic mass is 9.31. The number of carbonyl (C=O) groups excluding carboxylic acids is 3. The number of allylic oxidation sites excluding steroid dienone is 2. The van der Waals surface area contributed by atoms with Crippen LogP contribution in [0.3, 0.4) is 0 Å². The predicted octanol–water partition coefficient (Wildman–Crippen LogP) is 7.20. The number of fused-ring (bicyclic) bond motifs is 7. The Hall–Kier alpha value is -1.96. The fourth-order valence-corrected chi connectivity index (χ4v) is 10.9. The minimum Gasteiger partial charge on any atom is -0.466 e. The number of rotatable bonds is 2. The van der Waals surface area contributed by atoms with Crippen molar-refractivity contribution >= 4 is 17.5 Å². The number of ether oxygens (including phenoxy) is 1. The SMILES string of the molecule is [C-]#[N+]C1=C[C@]2(C)[C@H]3CC(=O)[C@@H]4[C@@H]5CC(C)(C)CC[C@]5(C(=O)OCC)CC[C@@]4(C)[C@]3(C)CC[C@H]2C(C)(C)C1=O. The maximum Gasteiger partial charge on any atom is 0.312 e. The average Bonchev–Trinajstić information content (AvgIpc) is 2.82. The molecule has 0 bridgehead atoms. The zero-order valence-corrected chi connectivity index (χ0v) is 24.8. The molecule has 4 fully saturated rings. The van der Waals surface area contributed by atoms with E-state index in [4.69, 9.17) is 11.3 Å². The van der Waals surface area contributed by atoms with Crippen molar-refractivity contribution in [1.29, 1.82) is 0 Å². The molecule has 0 unspecified atom stereocenters. The van der Waals surface area contributed by atoms with E-state index in [-0.39, 0.29) is 57.4 Å². The molecule has 5 aliphatic carbocycles. The zero-order valence-electron chi connectivity index (χ0n) is 24.8. The molecular formula is C33H47NO4. The molecule has 0 saturated heterocycles. The Balaban J connectivity index is 1.63. The summed E-state index contributed by atoms with van der Waals surface area (Å²) < 4.78 is 5.72. The monoisotopic (exact) mass is 521 g/mol. The molecule has 0 aromatic carbocycles. The van der Waals surface area contributed by atoms with Gasteiger partial charge in [0.05, 0.1) is 18.6 Å². The first-order valence-corrected chi connectivity index (χ1v) is 14.9. The van der Waals surface area contributed by atoms with Crippen molar-refractivity contribution < 1.29 is 19.1 Å².